The maximum Gasteiger partial charge on any atom is 0.310 e. The van der Waals surface area contributed by atoms with Crippen molar-refractivity contribution < 1.29 is 27.8 Å². The monoisotopic (exact) mass is 356 g/mol. The number of hydrogen-bond acceptors (Lipinski definition) is 4. The summed E-state index contributed by atoms with van der Waals surface area (Å²) in [6.45, 7) is 6.13. The first kappa shape index (κ1) is 22.6. The van der Waals surface area contributed by atoms with Crippen LogP contribution >= 0.6 is 0 Å². The number of rotatable bonds is 8. The van der Waals surface area contributed by atoms with Crippen LogP contribution in [0.25, 0.3) is 0 Å². The number of hydrogen-bond donors (Lipinski definition) is 0. The number of halogens is 2. The summed E-state index contributed by atoms with van der Waals surface area (Å²) in [5, 5.41) is 0. The fourth-order valence-corrected chi connectivity index (χ4v) is 1.92. The van der Waals surface area contributed by atoms with Crippen LogP contribution in [-0.2, 0) is 20.7 Å². The van der Waals surface area contributed by atoms with Gasteiger partial charge in [-0.15, -0.1) is 0 Å². The smallest absolute Gasteiger partial charge is 0.310 e. The van der Waals surface area contributed by atoms with Gasteiger partial charge in [0.1, 0.15) is 18.2 Å². The van der Waals surface area contributed by atoms with Crippen LogP contribution in [0.3, 0.4) is 0 Å². The van der Waals surface area contributed by atoms with Crippen LogP contribution in [0.5, 0.6) is 5.75 Å². The second-order valence-corrected chi connectivity index (χ2v) is 4.87. The van der Waals surface area contributed by atoms with E-state index < -0.39 is 11.8 Å². The van der Waals surface area contributed by atoms with Crippen molar-refractivity contribution in [1.82, 2.24) is 0 Å². The Kier molecular flexibility index (Phi) is 11.8. The van der Waals surface area contributed by atoms with Crippen molar-refractivity contribution in [2.45, 2.75) is 27.2 Å². The van der Waals surface area contributed by atoms with Gasteiger partial charge in [0.05, 0.1) is 33.6 Å². The summed E-state index contributed by atoms with van der Waals surface area (Å²) in [6.07, 6.45) is 3.51. The van der Waals surface area contributed by atoms with E-state index in [1.165, 1.54) is 18.2 Å². The van der Waals surface area contributed by atoms with Gasteiger partial charge in [0.2, 0.25) is 0 Å². The number of carbonyl (C=O) groups is 1. The SMILES string of the molecule is C/C=C(C)/C(=C\OC)COc1ccc(F)cc1CC(=O)OCC.CF. The average molecular weight is 356 g/mol. The number of methoxy groups -OCH3 is 1. The molecule has 0 spiro atoms. The Morgan fingerprint density at radius 2 is 1.96 bits per heavy atom. The van der Waals surface area contributed by atoms with Crippen molar-refractivity contribution in [3.8, 4) is 5.75 Å². The predicted molar refractivity (Wildman–Crippen MR) is 93.8 cm³/mol. The molecule has 0 bridgehead atoms. The molecule has 1 aromatic carbocycles. The summed E-state index contributed by atoms with van der Waals surface area (Å²) in [5.41, 5.74) is 2.33. The zero-order valence-corrected chi connectivity index (χ0v) is 15.4. The van der Waals surface area contributed by atoms with Crippen molar-refractivity contribution >= 4 is 5.97 Å². The topological polar surface area (TPSA) is 44.8 Å². The van der Waals surface area contributed by atoms with Gasteiger partial charge in [-0.1, -0.05) is 6.08 Å². The number of benzene rings is 1. The van der Waals surface area contributed by atoms with Crippen molar-refractivity contribution in [3.63, 3.8) is 0 Å². The molecular formula is C19H26F2O4. The quantitative estimate of drug-likeness (QED) is 0.394. The Morgan fingerprint density at radius 1 is 1.28 bits per heavy atom. The third-order valence-corrected chi connectivity index (χ3v) is 3.25. The zero-order chi connectivity index (χ0) is 19.2. The third kappa shape index (κ3) is 8.33. The molecule has 0 heterocycles. The minimum absolute atomic E-state index is 0.0349. The molecule has 25 heavy (non-hydrogen) atoms. The first-order valence-corrected chi connectivity index (χ1v) is 7.81. The molecule has 0 aliphatic heterocycles. The Labute approximate surface area is 148 Å². The number of esters is 1. The zero-order valence-electron chi connectivity index (χ0n) is 15.4. The van der Waals surface area contributed by atoms with E-state index in [0.717, 1.165) is 11.1 Å². The average Bonchev–Trinajstić information content (AvgIpc) is 2.61. The van der Waals surface area contributed by atoms with Gasteiger partial charge in [-0.25, -0.2) is 4.39 Å². The molecular weight excluding hydrogens is 330 g/mol. The fourth-order valence-electron chi connectivity index (χ4n) is 1.92. The molecule has 0 aromatic heterocycles. The molecule has 0 amide bonds. The lowest BCUT2D eigenvalue weighted by Gasteiger charge is -2.13. The molecule has 0 aliphatic rings. The molecule has 0 radical (unpaired) electrons. The van der Waals surface area contributed by atoms with Gasteiger partial charge >= 0.3 is 5.97 Å². The molecule has 1 aromatic rings. The van der Waals surface area contributed by atoms with Gasteiger partial charge in [0, 0.05) is 11.1 Å². The van der Waals surface area contributed by atoms with E-state index in [0.29, 0.717) is 18.5 Å². The molecule has 0 atom stereocenters. The minimum atomic E-state index is -0.422. The molecule has 0 saturated carbocycles. The van der Waals surface area contributed by atoms with E-state index >= 15 is 0 Å². The van der Waals surface area contributed by atoms with E-state index in [4.69, 9.17) is 14.2 Å². The van der Waals surface area contributed by atoms with E-state index in [2.05, 4.69) is 0 Å². The van der Waals surface area contributed by atoms with Crippen LogP contribution in [0.4, 0.5) is 8.78 Å². The molecule has 0 N–H and O–H groups in total. The van der Waals surface area contributed by atoms with E-state index in [1.807, 2.05) is 19.9 Å². The molecule has 6 heteroatoms. The highest BCUT2D eigenvalue weighted by Gasteiger charge is 2.12. The summed E-state index contributed by atoms with van der Waals surface area (Å²) in [5.74, 6) is -0.389. The minimum Gasteiger partial charge on any atom is -0.504 e. The van der Waals surface area contributed by atoms with Crippen LogP contribution < -0.4 is 4.74 Å². The van der Waals surface area contributed by atoms with Gasteiger partial charge in [0.15, 0.2) is 0 Å². The summed E-state index contributed by atoms with van der Waals surface area (Å²) >= 11 is 0. The number of ether oxygens (including phenoxy) is 3. The molecule has 0 fully saturated rings. The summed E-state index contributed by atoms with van der Waals surface area (Å²) < 4.78 is 38.6. The maximum absolute atomic E-state index is 13.4. The van der Waals surface area contributed by atoms with Gasteiger partial charge in [-0.05, 0) is 44.5 Å². The highest BCUT2D eigenvalue weighted by molar-refractivity contribution is 5.73. The van der Waals surface area contributed by atoms with Crippen LogP contribution in [0.15, 0.2) is 41.7 Å². The van der Waals surface area contributed by atoms with Gasteiger partial charge in [0.25, 0.3) is 0 Å². The number of allylic oxidation sites excluding steroid dienone is 1. The summed E-state index contributed by atoms with van der Waals surface area (Å²) in [6, 6.07) is 4.10. The lowest BCUT2D eigenvalue weighted by molar-refractivity contribution is -0.142. The standard InChI is InChI=1S/C18H23FO4.CH3F/c1-5-13(3)15(11-21-4)12-23-17-8-7-16(19)9-14(17)10-18(20)22-6-2;1-2/h5,7-9,11H,6,10,12H2,1-4H3;1H3/b13-5+,15-11-;. The Hall–Kier alpha value is -2.37. The van der Waals surface area contributed by atoms with Crippen LogP contribution in [0, 0.1) is 5.82 Å². The van der Waals surface area contributed by atoms with Gasteiger partial charge in [-0.3, -0.25) is 9.18 Å². The molecule has 140 valence electrons. The second-order valence-electron chi connectivity index (χ2n) is 4.87. The largest absolute Gasteiger partial charge is 0.504 e. The van der Waals surface area contributed by atoms with E-state index in [1.54, 1.807) is 20.3 Å². The highest BCUT2D eigenvalue weighted by Crippen LogP contribution is 2.22. The van der Waals surface area contributed by atoms with Crippen LogP contribution in [0.2, 0.25) is 0 Å². The van der Waals surface area contributed by atoms with E-state index in [-0.39, 0.29) is 19.6 Å². The lowest BCUT2D eigenvalue weighted by atomic mass is 10.1. The van der Waals surface area contributed by atoms with Crippen molar-refractivity contribution in [2.24, 2.45) is 0 Å². The van der Waals surface area contributed by atoms with Crippen molar-refractivity contribution in [2.75, 3.05) is 27.5 Å². The Morgan fingerprint density at radius 3 is 2.52 bits per heavy atom. The second kappa shape index (κ2) is 13.0. The third-order valence-electron chi connectivity index (χ3n) is 3.25. The Bertz CT molecular complexity index is 595. The highest BCUT2D eigenvalue weighted by atomic mass is 19.1. The number of carbonyl (C=O) groups excluding carboxylic acids is 1. The van der Waals surface area contributed by atoms with E-state index in [9.17, 15) is 13.6 Å². The summed E-state index contributed by atoms with van der Waals surface area (Å²) in [4.78, 5) is 11.6. The first-order chi connectivity index (χ1) is 12.0. The lowest BCUT2D eigenvalue weighted by Crippen LogP contribution is -2.10. The fraction of sp³-hybridized carbons (Fsp3) is 0.421. The van der Waals surface area contributed by atoms with Crippen LogP contribution in [0.1, 0.15) is 26.3 Å². The molecule has 0 saturated heterocycles. The normalized spacial score (nSPS) is 11.3. The Balaban J connectivity index is 0.00000277. The molecule has 4 nitrogen and oxygen atoms in total. The predicted octanol–water partition coefficient (Wildman–Crippen LogP) is 4.39. The molecule has 1 rings (SSSR count). The first-order valence-electron chi connectivity index (χ1n) is 7.81. The van der Waals surface area contributed by atoms with Crippen LogP contribution in [-0.4, -0.2) is 33.5 Å². The number of alkyl halides is 1. The van der Waals surface area contributed by atoms with Gasteiger partial charge < -0.3 is 14.2 Å². The molecule has 0 aliphatic carbocycles. The summed E-state index contributed by atoms with van der Waals surface area (Å²) in [7, 11) is 2.06. The molecule has 0 unspecified atom stereocenters. The van der Waals surface area contributed by atoms with Crippen molar-refractivity contribution in [1.29, 1.82) is 0 Å². The maximum atomic E-state index is 13.4. The van der Waals surface area contributed by atoms with Crippen molar-refractivity contribution in [3.05, 3.63) is 53.1 Å². The van der Waals surface area contributed by atoms with Gasteiger partial charge in [-0.2, -0.15) is 0 Å².